The second-order valence-corrected chi connectivity index (χ2v) is 8.17. The number of carbonyl (C=O) groups is 1. The molecule has 2 bridgehead atoms. The maximum atomic E-state index is 12.5. The third-order valence-electron chi connectivity index (χ3n) is 5.87. The summed E-state index contributed by atoms with van der Waals surface area (Å²) in [4.78, 5) is 16.9. The SMILES string of the molecule is Cc1cc(OCCc2ccccc2)cn2nc(C(=O)NCC34COC(C3)C4)nc12. The number of aromatic nitrogens is 3. The largest absolute Gasteiger partial charge is 0.492 e. The van der Waals surface area contributed by atoms with Gasteiger partial charge in [-0.25, -0.2) is 9.50 Å². The number of carbonyl (C=O) groups excluding carboxylic acids is 1. The standard InChI is InChI=1S/C22H24N4O3/c1-15-9-17(28-8-7-16-5-3-2-4-6-16)12-26-20(15)24-19(25-26)21(27)23-13-22-10-18(11-22)29-14-22/h2-6,9,12,18H,7-8,10-11,13-14H2,1H3,(H,23,27). The van der Waals surface area contributed by atoms with Gasteiger partial charge in [0, 0.05) is 18.4 Å². The normalized spacial score (nSPS) is 22.4. The zero-order valence-electron chi connectivity index (χ0n) is 16.4. The van der Waals surface area contributed by atoms with E-state index in [-0.39, 0.29) is 17.1 Å². The highest BCUT2D eigenvalue weighted by Gasteiger charge is 2.51. The average molecular weight is 392 g/mol. The molecule has 2 aliphatic heterocycles. The zero-order chi connectivity index (χ0) is 19.8. The molecule has 3 aromatic rings. The van der Waals surface area contributed by atoms with E-state index in [0.717, 1.165) is 31.4 Å². The lowest BCUT2D eigenvalue weighted by Crippen LogP contribution is -2.44. The third kappa shape index (κ3) is 3.58. The van der Waals surface area contributed by atoms with Gasteiger partial charge in [0.05, 0.1) is 25.5 Å². The van der Waals surface area contributed by atoms with Gasteiger partial charge in [0.1, 0.15) is 5.75 Å². The van der Waals surface area contributed by atoms with Crippen molar-refractivity contribution in [2.75, 3.05) is 19.8 Å². The molecule has 7 nitrogen and oxygen atoms in total. The minimum absolute atomic E-state index is 0.120. The molecule has 1 amide bonds. The number of nitrogens with one attached hydrogen (secondary N) is 1. The summed E-state index contributed by atoms with van der Waals surface area (Å²) in [6.45, 7) is 3.87. The van der Waals surface area contributed by atoms with Crippen LogP contribution in [-0.2, 0) is 11.2 Å². The van der Waals surface area contributed by atoms with E-state index in [9.17, 15) is 4.79 Å². The lowest BCUT2D eigenvalue weighted by atomic mass is 9.70. The van der Waals surface area contributed by atoms with E-state index in [1.165, 1.54) is 5.56 Å². The molecule has 0 atom stereocenters. The predicted molar refractivity (Wildman–Crippen MR) is 107 cm³/mol. The molecule has 3 aliphatic rings. The monoisotopic (exact) mass is 392 g/mol. The van der Waals surface area contributed by atoms with Crippen LogP contribution in [0.25, 0.3) is 5.65 Å². The Bertz CT molecular complexity index is 1040. The molecule has 1 aromatic carbocycles. The summed E-state index contributed by atoms with van der Waals surface area (Å²) in [6.07, 6.45) is 5.07. The van der Waals surface area contributed by atoms with Crippen LogP contribution in [0.15, 0.2) is 42.6 Å². The maximum absolute atomic E-state index is 12.5. The highest BCUT2D eigenvalue weighted by molar-refractivity contribution is 5.91. The van der Waals surface area contributed by atoms with Crippen molar-refractivity contribution >= 4 is 11.6 Å². The van der Waals surface area contributed by atoms with E-state index >= 15 is 0 Å². The number of rotatable bonds is 7. The first-order chi connectivity index (χ1) is 14.1. The molecule has 29 heavy (non-hydrogen) atoms. The molecule has 0 spiro atoms. The molecular formula is C22H24N4O3. The Morgan fingerprint density at radius 1 is 1.34 bits per heavy atom. The molecule has 2 saturated heterocycles. The lowest BCUT2D eigenvalue weighted by molar-refractivity contribution is 0.0880. The van der Waals surface area contributed by atoms with Gasteiger partial charge in [-0.3, -0.25) is 4.79 Å². The first-order valence-corrected chi connectivity index (χ1v) is 10.0. The van der Waals surface area contributed by atoms with Crippen molar-refractivity contribution in [3.05, 3.63) is 59.5 Å². The molecule has 3 fully saturated rings. The smallest absolute Gasteiger partial charge is 0.291 e. The molecular weight excluding hydrogens is 368 g/mol. The molecule has 0 radical (unpaired) electrons. The number of fused-ring (bicyclic) bond motifs is 2. The van der Waals surface area contributed by atoms with Gasteiger partial charge < -0.3 is 14.8 Å². The fourth-order valence-corrected chi connectivity index (χ4v) is 4.20. The van der Waals surface area contributed by atoms with Gasteiger partial charge >= 0.3 is 0 Å². The van der Waals surface area contributed by atoms with Gasteiger partial charge in [-0.05, 0) is 37.0 Å². The topological polar surface area (TPSA) is 77.8 Å². The summed E-state index contributed by atoms with van der Waals surface area (Å²) in [5.74, 6) is 0.649. The highest BCUT2D eigenvalue weighted by Crippen LogP contribution is 2.49. The molecule has 2 aromatic heterocycles. The number of ether oxygens (including phenoxy) is 2. The van der Waals surface area contributed by atoms with E-state index in [1.54, 1.807) is 10.7 Å². The Balaban J connectivity index is 1.24. The van der Waals surface area contributed by atoms with Crippen LogP contribution >= 0.6 is 0 Å². The van der Waals surface area contributed by atoms with Crippen LogP contribution in [0.3, 0.4) is 0 Å². The maximum Gasteiger partial charge on any atom is 0.291 e. The van der Waals surface area contributed by atoms with Crippen molar-refractivity contribution in [3.63, 3.8) is 0 Å². The number of aryl methyl sites for hydroxylation is 1. The summed E-state index contributed by atoms with van der Waals surface area (Å²) in [5, 5.41) is 7.34. The van der Waals surface area contributed by atoms with E-state index in [4.69, 9.17) is 9.47 Å². The molecule has 1 aliphatic carbocycles. The second-order valence-electron chi connectivity index (χ2n) is 8.17. The number of hydrogen-bond donors (Lipinski definition) is 1. The Kier molecular flexibility index (Phi) is 4.47. The van der Waals surface area contributed by atoms with Crippen molar-refractivity contribution in [2.45, 2.75) is 32.3 Å². The number of hydrogen-bond acceptors (Lipinski definition) is 5. The molecule has 7 heteroatoms. The average Bonchev–Trinajstić information content (AvgIpc) is 3.41. The number of pyridine rings is 1. The molecule has 150 valence electrons. The first kappa shape index (κ1) is 18.1. The summed E-state index contributed by atoms with van der Waals surface area (Å²) in [7, 11) is 0. The van der Waals surface area contributed by atoms with Crippen molar-refractivity contribution in [3.8, 4) is 5.75 Å². The van der Waals surface area contributed by atoms with Crippen LogP contribution in [0, 0.1) is 12.3 Å². The molecule has 1 saturated carbocycles. The van der Waals surface area contributed by atoms with Gasteiger partial charge in [0.15, 0.2) is 5.65 Å². The fourth-order valence-electron chi connectivity index (χ4n) is 4.20. The Hall–Kier alpha value is -2.93. The van der Waals surface area contributed by atoms with Crippen molar-refractivity contribution in [1.29, 1.82) is 0 Å². The van der Waals surface area contributed by atoms with Crippen LogP contribution in [0.5, 0.6) is 5.75 Å². The summed E-state index contributed by atoms with van der Waals surface area (Å²) >= 11 is 0. The van der Waals surface area contributed by atoms with Crippen molar-refractivity contribution in [1.82, 2.24) is 19.9 Å². The number of amides is 1. The molecule has 0 unspecified atom stereocenters. The van der Waals surface area contributed by atoms with E-state index in [1.807, 2.05) is 31.2 Å². The number of nitrogens with zero attached hydrogens (tertiary/aromatic N) is 3. The highest BCUT2D eigenvalue weighted by atomic mass is 16.5. The van der Waals surface area contributed by atoms with Crippen molar-refractivity contribution in [2.24, 2.45) is 5.41 Å². The minimum Gasteiger partial charge on any atom is -0.492 e. The fraction of sp³-hybridized carbons (Fsp3) is 0.409. The summed E-state index contributed by atoms with van der Waals surface area (Å²) in [5.41, 5.74) is 2.93. The minimum atomic E-state index is -0.246. The predicted octanol–water partition coefficient (Wildman–Crippen LogP) is 2.57. The van der Waals surface area contributed by atoms with Gasteiger partial charge in [0.2, 0.25) is 5.82 Å². The summed E-state index contributed by atoms with van der Waals surface area (Å²) in [6, 6.07) is 12.2. The lowest BCUT2D eigenvalue weighted by Gasteiger charge is -2.35. The quantitative estimate of drug-likeness (QED) is 0.669. The van der Waals surface area contributed by atoms with E-state index < -0.39 is 0 Å². The molecule has 1 N–H and O–H groups in total. The van der Waals surface area contributed by atoms with Crippen LogP contribution in [0.4, 0.5) is 0 Å². The second kappa shape index (κ2) is 7.15. The zero-order valence-corrected chi connectivity index (χ0v) is 16.4. The van der Waals surface area contributed by atoms with Crippen LogP contribution < -0.4 is 10.1 Å². The molecule has 4 heterocycles. The van der Waals surface area contributed by atoms with Crippen LogP contribution in [0.1, 0.15) is 34.6 Å². The van der Waals surface area contributed by atoms with Crippen LogP contribution in [-0.4, -0.2) is 46.4 Å². The van der Waals surface area contributed by atoms with Gasteiger partial charge in [0.25, 0.3) is 5.91 Å². The van der Waals surface area contributed by atoms with Crippen LogP contribution in [0.2, 0.25) is 0 Å². The molecule has 6 rings (SSSR count). The summed E-state index contributed by atoms with van der Waals surface area (Å²) < 4.78 is 13.1. The Morgan fingerprint density at radius 2 is 2.17 bits per heavy atom. The van der Waals surface area contributed by atoms with E-state index in [0.29, 0.717) is 30.7 Å². The van der Waals surface area contributed by atoms with Gasteiger partial charge in [-0.2, -0.15) is 0 Å². The third-order valence-corrected chi connectivity index (χ3v) is 5.87. The van der Waals surface area contributed by atoms with Crippen molar-refractivity contribution < 1.29 is 14.3 Å². The number of benzene rings is 1. The van der Waals surface area contributed by atoms with Gasteiger partial charge in [-0.1, -0.05) is 30.3 Å². The van der Waals surface area contributed by atoms with E-state index in [2.05, 4.69) is 27.5 Å². The Morgan fingerprint density at radius 3 is 2.93 bits per heavy atom. The first-order valence-electron chi connectivity index (χ1n) is 10.0. The Labute approximate surface area is 169 Å². The van der Waals surface area contributed by atoms with Gasteiger partial charge in [-0.15, -0.1) is 5.10 Å².